The summed E-state index contributed by atoms with van der Waals surface area (Å²) in [4.78, 5) is 2.25. The average Bonchev–Trinajstić information content (AvgIpc) is 2.30. The van der Waals surface area contributed by atoms with Crippen LogP contribution in [0.1, 0.15) is 5.56 Å². The Morgan fingerprint density at radius 2 is 2.07 bits per heavy atom. The summed E-state index contributed by atoms with van der Waals surface area (Å²) in [7, 11) is 0. The molecule has 0 amide bonds. The molecule has 1 fully saturated rings. The molecule has 0 spiro atoms. The number of anilines is 1. The van der Waals surface area contributed by atoms with Gasteiger partial charge in [-0.3, -0.25) is 0 Å². The lowest BCUT2D eigenvalue weighted by molar-refractivity contribution is 0.589. The lowest BCUT2D eigenvalue weighted by atomic mass is 10.1. The largest absolute Gasteiger partial charge is 0.368 e. The summed E-state index contributed by atoms with van der Waals surface area (Å²) in [5.74, 6) is 0. The van der Waals surface area contributed by atoms with E-state index in [-0.39, 0.29) is 0 Å². The van der Waals surface area contributed by atoms with E-state index in [4.69, 9.17) is 5.26 Å². The van der Waals surface area contributed by atoms with Crippen molar-refractivity contribution in [2.75, 3.05) is 31.1 Å². The monoisotopic (exact) mass is 265 g/mol. The fraction of sp³-hybridized carbons (Fsp3) is 0.364. The maximum atomic E-state index is 9.11. The number of halogens is 1. The molecule has 1 N–H and O–H groups in total. The highest BCUT2D eigenvalue weighted by Gasteiger charge is 2.15. The van der Waals surface area contributed by atoms with Crippen molar-refractivity contribution in [3.05, 3.63) is 28.2 Å². The van der Waals surface area contributed by atoms with Gasteiger partial charge in [-0.1, -0.05) is 6.07 Å². The Kier molecular flexibility index (Phi) is 3.24. The highest BCUT2D eigenvalue weighted by atomic mass is 79.9. The minimum atomic E-state index is 0.736. The summed E-state index contributed by atoms with van der Waals surface area (Å²) >= 11 is 3.41. The number of piperazine rings is 1. The van der Waals surface area contributed by atoms with Crippen LogP contribution in [0, 0.1) is 11.3 Å². The average molecular weight is 266 g/mol. The van der Waals surface area contributed by atoms with Gasteiger partial charge in [0.2, 0.25) is 0 Å². The molecule has 0 aromatic heterocycles. The van der Waals surface area contributed by atoms with E-state index in [1.165, 1.54) is 0 Å². The van der Waals surface area contributed by atoms with Gasteiger partial charge in [-0.2, -0.15) is 5.26 Å². The SMILES string of the molecule is N#Cc1c(Br)cccc1N1CCNCC1. The van der Waals surface area contributed by atoms with E-state index < -0.39 is 0 Å². The van der Waals surface area contributed by atoms with Crippen LogP contribution in [0.15, 0.2) is 22.7 Å². The van der Waals surface area contributed by atoms with Crippen molar-refractivity contribution in [3.63, 3.8) is 0 Å². The lowest BCUT2D eigenvalue weighted by Crippen LogP contribution is -2.43. The van der Waals surface area contributed by atoms with Crippen molar-refractivity contribution in [2.45, 2.75) is 0 Å². The van der Waals surface area contributed by atoms with Crippen molar-refractivity contribution in [3.8, 4) is 6.07 Å². The van der Waals surface area contributed by atoms with Gasteiger partial charge in [-0.05, 0) is 28.1 Å². The maximum absolute atomic E-state index is 9.11. The van der Waals surface area contributed by atoms with Crippen molar-refractivity contribution >= 4 is 21.6 Å². The summed E-state index contributed by atoms with van der Waals surface area (Å²) < 4.78 is 0.876. The van der Waals surface area contributed by atoms with Gasteiger partial charge in [0, 0.05) is 30.7 Å². The summed E-state index contributed by atoms with van der Waals surface area (Å²) in [6, 6.07) is 8.14. The zero-order chi connectivity index (χ0) is 10.7. The highest BCUT2D eigenvalue weighted by Crippen LogP contribution is 2.27. The number of hydrogen-bond donors (Lipinski definition) is 1. The Hall–Kier alpha value is -1.05. The van der Waals surface area contributed by atoms with E-state index in [0.29, 0.717) is 0 Å². The van der Waals surface area contributed by atoms with Gasteiger partial charge in [-0.15, -0.1) is 0 Å². The zero-order valence-electron chi connectivity index (χ0n) is 8.33. The highest BCUT2D eigenvalue weighted by molar-refractivity contribution is 9.10. The van der Waals surface area contributed by atoms with Gasteiger partial charge in [0.15, 0.2) is 0 Å². The molecule has 1 aliphatic heterocycles. The van der Waals surface area contributed by atoms with Crippen molar-refractivity contribution in [1.82, 2.24) is 5.32 Å². The maximum Gasteiger partial charge on any atom is 0.103 e. The van der Waals surface area contributed by atoms with Crippen LogP contribution in [0.2, 0.25) is 0 Å². The number of nitriles is 1. The third-order valence-electron chi connectivity index (χ3n) is 2.56. The summed E-state index contributed by atoms with van der Waals surface area (Å²) in [6.07, 6.45) is 0. The molecule has 78 valence electrons. The Bertz CT molecular complexity index is 391. The smallest absolute Gasteiger partial charge is 0.103 e. The molecule has 0 bridgehead atoms. The molecule has 4 heteroatoms. The normalized spacial score (nSPS) is 16.1. The zero-order valence-corrected chi connectivity index (χ0v) is 9.92. The Morgan fingerprint density at radius 3 is 2.73 bits per heavy atom. The van der Waals surface area contributed by atoms with E-state index in [0.717, 1.165) is 41.9 Å². The quantitative estimate of drug-likeness (QED) is 0.841. The molecule has 0 saturated carbocycles. The number of rotatable bonds is 1. The van der Waals surface area contributed by atoms with Gasteiger partial charge >= 0.3 is 0 Å². The van der Waals surface area contributed by atoms with Crippen molar-refractivity contribution in [1.29, 1.82) is 5.26 Å². The second-order valence-electron chi connectivity index (χ2n) is 3.48. The molecule has 2 rings (SSSR count). The summed E-state index contributed by atoms with van der Waals surface area (Å²) in [5, 5.41) is 12.4. The first kappa shape index (κ1) is 10.5. The van der Waals surface area contributed by atoms with E-state index in [1.54, 1.807) is 0 Å². The second kappa shape index (κ2) is 4.65. The van der Waals surface area contributed by atoms with E-state index in [1.807, 2.05) is 18.2 Å². The summed E-state index contributed by atoms with van der Waals surface area (Å²) in [6.45, 7) is 3.89. The standard InChI is InChI=1S/C11H12BrN3/c12-10-2-1-3-11(9(10)8-13)15-6-4-14-5-7-15/h1-3,14H,4-7H2. The van der Waals surface area contributed by atoms with Crippen LogP contribution < -0.4 is 10.2 Å². The lowest BCUT2D eigenvalue weighted by Gasteiger charge is -2.30. The van der Waals surface area contributed by atoms with Crippen LogP contribution in [-0.4, -0.2) is 26.2 Å². The number of nitrogens with one attached hydrogen (secondary N) is 1. The third kappa shape index (κ3) is 2.14. The molecule has 0 atom stereocenters. The molecule has 1 heterocycles. The molecule has 0 unspecified atom stereocenters. The fourth-order valence-corrected chi connectivity index (χ4v) is 2.24. The number of hydrogen-bond acceptors (Lipinski definition) is 3. The molecule has 3 nitrogen and oxygen atoms in total. The predicted molar refractivity (Wildman–Crippen MR) is 63.9 cm³/mol. The molecule has 1 saturated heterocycles. The molecular weight excluding hydrogens is 254 g/mol. The third-order valence-corrected chi connectivity index (χ3v) is 3.22. The van der Waals surface area contributed by atoms with Crippen LogP contribution >= 0.6 is 15.9 Å². The summed E-state index contributed by atoms with van der Waals surface area (Å²) in [5.41, 5.74) is 1.77. The fourth-order valence-electron chi connectivity index (χ4n) is 1.79. The predicted octanol–water partition coefficient (Wildman–Crippen LogP) is 1.73. The number of benzene rings is 1. The Morgan fingerprint density at radius 1 is 1.33 bits per heavy atom. The van der Waals surface area contributed by atoms with E-state index >= 15 is 0 Å². The molecular formula is C11H12BrN3. The molecule has 1 aromatic rings. The minimum absolute atomic E-state index is 0.736. The first-order valence-corrected chi connectivity index (χ1v) is 5.76. The molecule has 1 aromatic carbocycles. The van der Waals surface area contributed by atoms with Crippen molar-refractivity contribution in [2.24, 2.45) is 0 Å². The molecule has 0 aliphatic carbocycles. The van der Waals surface area contributed by atoms with Gasteiger partial charge in [-0.25, -0.2) is 0 Å². The Labute approximate surface area is 97.8 Å². The Balaban J connectivity index is 2.34. The van der Waals surface area contributed by atoms with E-state index in [9.17, 15) is 0 Å². The van der Waals surface area contributed by atoms with Gasteiger partial charge in [0.05, 0.1) is 11.3 Å². The minimum Gasteiger partial charge on any atom is -0.368 e. The molecule has 15 heavy (non-hydrogen) atoms. The van der Waals surface area contributed by atoms with Gasteiger partial charge < -0.3 is 10.2 Å². The van der Waals surface area contributed by atoms with Crippen LogP contribution in [0.5, 0.6) is 0 Å². The van der Waals surface area contributed by atoms with Gasteiger partial charge in [0.25, 0.3) is 0 Å². The van der Waals surface area contributed by atoms with Crippen LogP contribution in [-0.2, 0) is 0 Å². The first-order chi connectivity index (χ1) is 7.33. The topological polar surface area (TPSA) is 39.1 Å². The molecule has 0 radical (unpaired) electrons. The van der Waals surface area contributed by atoms with Crippen LogP contribution in [0.25, 0.3) is 0 Å². The number of nitrogens with zero attached hydrogens (tertiary/aromatic N) is 2. The first-order valence-electron chi connectivity index (χ1n) is 4.97. The van der Waals surface area contributed by atoms with Gasteiger partial charge in [0.1, 0.15) is 6.07 Å². The molecule has 1 aliphatic rings. The van der Waals surface area contributed by atoms with Crippen LogP contribution in [0.4, 0.5) is 5.69 Å². The second-order valence-corrected chi connectivity index (χ2v) is 4.34. The van der Waals surface area contributed by atoms with E-state index in [2.05, 4.69) is 32.2 Å². The van der Waals surface area contributed by atoms with Crippen LogP contribution in [0.3, 0.4) is 0 Å². The van der Waals surface area contributed by atoms with Crippen molar-refractivity contribution < 1.29 is 0 Å².